The van der Waals surface area contributed by atoms with Crippen molar-refractivity contribution in [2.24, 2.45) is 0 Å². The molecule has 0 amide bonds. The predicted molar refractivity (Wildman–Crippen MR) is 82.7 cm³/mol. The molecule has 134 valence electrons. The molecule has 0 aromatic rings. The number of carbonyl (C=O) groups is 2. The van der Waals surface area contributed by atoms with Gasteiger partial charge in [-0.2, -0.15) is 0 Å². The molecule has 8 heteroatoms. The van der Waals surface area contributed by atoms with Crippen molar-refractivity contribution in [1.29, 1.82) is 5.41 Å². The van der Waals surface area contributed by atoms with Crippen LogP contribution in [0.5, 0.6) is 0 Å². The van der Waals surface area contributed by atoms with Crippen LogP contribution >= 0.6 is 0 Å². The SMILES string of the molecule is CCOC(=O)COCCOCCOCCC(C)(C)OC(=O)C=N. The Hall–Kier alpha value is -1.51. The molecule has 0 heterocycles. The minimum absolute atomic E-state index is 0.0722. The number of carbonyl (C=O) groups excluding carboxylic acids is 2. The molecular weight excluding hydrogens is 306 g/mol. The molecule has 0 atom stereocenters. The third-order valence-electron chi connectivity index (χ3n) is 2.61. The summed E-state index contributed by atoms with van der Waals surface area (Å²) in [5, 5.41) is 6.79. The molecule has 0 saturated heterocycles. The maximum Gasteiger partial charge on any atom is 0.349 e. The van der Waals surface area contributed by atoms with Gasteiger partial charge in [-0.25, -0.2) is 9.59 Å². The molecule has 0 unspecified atom stereocenters. The standard InChI is InChI=1S/C15H27NO7/c1-4-22-14(18)12-21-10-9-20-8-7-19-6-5-15(2,3)23-13(17)11-16/h11,16H,4-10,12H2,1-3H3. The van der Waals surface area contributed by atoms with Crippen LogP contribution < -0.4 is 0 Å². The van der Waals surface area contributed by atoms with Crippen LogP contribution in [0.4, 0.5) is 0 Å². The molecular formula is C15H27NO7. The average Bonchev–Trinajstić information content (AvgIpc) is 2.48. The molecule has 0 aromatic heterocycles. The van der Waals surface area contributed by atoms with Crippen molar-refractivity contribution in [2.45, 2.75) is 32.8 Å². The summed E-state index contributed by atoms with van der Waals surface area (Å²) in [6.07, 6.45) is 1.16. The van der Waals surface area contributed by atoms with Gasteiger partial charge in [-0.15, -0.1) is 0 Å². The zero-order chi connectivity index (χ0) is 17.6. The third-order valence-corrected chi connectivity index (χ3v) is 2.61. The van der Waals surface area contributed by atoms with Crippen LogP contribution in [0.25, 0.3) is 0 Å². The van der Waals surface area contributed by atoms with E-state index in [1.54, 1.807) is 20.8 Å². The normalized spacial score (nSPS) is 11.1. The highest BCUT2D eigenvalue weighted by Crippen LogP contribution is 2.14. The van der Waals surface area contributed by atoms with Crippen molar-refractivity contribution < 1.29 is 33.3 Å². The number of hydrogen-bond acceptors (Lipinski definition) is 8. The van der Waals surface area contributed by atoms with Crippen LogP contribution in [0, 0.1) is 5.41 Å². The zero-order valence-electron chi connectivity index (χ0n) is 14.1. The summed E-state index contributed by atoms with van der Waals surface area (Å²) in [6.45, 7) is 7.43. The van der Waals surface area contributed by atoms with Crippen LogP contribution in [-0.4, -0.2) is 70.0 Å². The molecule has 0 aliphatic heterocycles. The van der Waals surface area contributed by atoms with Crippen molar-refractivity contribution >= 4 is 18.2 Å². The molecule has 1 N–H and O–H groups in total. The first-order chi connectivity index (χ1) is 10.9. The molecule has 0 saturated carbocycles. The van der Waals surface area contributed by atoms with E-state index in [1.807, 2.05) is 0 Å². The maximum absolute atomic E-state index is 11.0. The Balaban J connectivity index is 3.41. The molecule has 0 aliphatic rings. The van der Waals surface area contributed by atoms with E-state index in [-0.39, 0.29) is 12.6 Å². The van der Waals surface area contributed by atoms with Gasteiger partial charge >= 0.3 is 11.9 Å². The van der Waals surface area contributed by atoms with E-state index in [0.29, 0.717) is 52.3 Å². The predicted octanol–water partition coefficient (Wildman–Crippen LogP) is 0.961. The largest absolute Gasteiger partial charge is 0.464 e. The lowest BCUT2D eigenvalue weighted by atomic mass is 10.1. The van der Waals surface area contributed by atoms with Gasteiger partial charge in [0.05, 0.1) is 39.6 Å². The van der Waals surface area contributed by atoms with Gasteiger partial charge in [-0.1, -0.05) is 0 Å². The first kappa shape index (κ1) is 21.5. The summed E-state index contributed by atoms with van der Waals surface area (Å²) in [4.78, 5) is 22.0. The van der Waals surface area contributed by atoms with E-state index in [0.717, 1.165) is 0 Å². The monoisotopic (exact) mass is 333 g/mol. The Bertz CT molecular complexity index is 358. The van der Waals surface area contributed by atoms with Gasteiger partial charge in [-0.05, 0) is 20.8 Å². The molecule has 0 aromatic carbocycles. The minimum atomic E-state index is -0.670. The van der Waals surface area contributed by atoms with E-state index >= 15 is 0 Å². The first-order valence-corrected chi connectivity index (χ1v) is 7.53. The smallest absolute Gasteiger partial charge is 0.349 e. The highest BCUT2D eigenvalue weighted by Gasteiger charge is 2.21. The molecule has 0 spiro atoms. The van der Waals surface area contributed by atoms with Crippen molar-refractivity contribution in [3.8, 4) is 0 Å². The van der Waals surface area contributed by atoms with Crippen LogP contribution in [0.3, 0.4) is 0 Å². The molecule has 0 bridgehead atoms. The maximum atomic E-state index is 11.0. The summed E-state index contributed by atoms with van der Waals surface area (Å²) in [5.74, 6) is -1.05. The number of nitrogens with one attached hydrogen (secondary N) is 1. The van der Waals surface area contributed by atoms with Gasteiger partial charge in [0, 0.05) is 6.42 Å². The van der Waals surface area contributed by atoms with Gasteiger partial charge in [-0.3, -0.25) is 0 Å². The van der Waals surface area contributed by atoms with Gasteiger partial charge < -0.3 is 29.1 Å². The van der Waals surface area contributed by atoms with Crippen LogP contribution in [0.2, 0.25) is 0 Å². The number of hydrogen-bond donors (Lipinski definition) is 1. The van der Waals surface area contributed by atoms with E-state index < -0.39 is 11.6 Å². The summed E-state index contributed by atoms with van der Waals surface area (Å²) < 4.78 is 25.5. The topological polar surface area (TPSA) is 104 Å². The third kappa shape index (κ3) is 13.8. The number of rotatable bonds is 14. The highest BCUT2D eigenvalue weighted by atomic mass is 16.6. The summed E-state index contributed by atoms with van der Waals surface area (Å²) in [7, 11) is 0. The average molecular weight is 333 g/mol. The second kappa shape index (κ2) is 13.0. The zero-order valence-corrected chi connectivity index (χ0v) is 14.1. The minimum Gasteiger partial charge on any atom is -0.464 e. The van der Waals surface area contributed by atoms with Crippen LogP contribution in [0.1, 0.15) is 27.2 Å². The second-order valence-corrected chi connectivity index (χ2v) is 5.16. The highest BCUT2D eigenvalue weighted by molar-refractivity contribution is 6.21. The molecule has 0 fully saturated rings. The first-order valence-electron chi connectivity index (χ1n) is 7.53. The molecule has 0 aliphatic carbocycles. The van der Waals surface area contributed by atoms with E-state index in [1.165, 1.54) is 0 Å². The lowest BCUT2D eigenvalue weighted by Crippen LogP contribution is -2.30. The number of ether oxygens (including phenoxy) is 5. The van der Waals surface area contributed by atoms with Gasteiger partial charge in [0.15, 0.2) is 0 Å². The fourth-order valence-electron chi connectivity index (χ4n) is 1.47. The van der Waals surface area contributed by atoms with Crippen LogP contribution in [-0.2, 0) is 33.3 Å². The number of esters is 2. The Morgan fingerprint density at radius 1 is 1.00 bits per heavy atom. The van der Waals surface area contributed by atoms with E-state index in [4.69, 9.17) is 29.1 Å². The Morgan fingerprint density at radius 2 is 1.57 bits per heavy atom. The Kier molecular flexibility index (Phi) is 12.1. The van der Waals surface area contributed by atoms with Crippen molar-refractivity contribution in [3.63, 3.8) is 0 Å². The van der Waals surface area contributed by atoms with Crippen molar-refractivity contribution in [3.05, 3.63) is 0 Å². The quantitative estimate of drug-likeness (QED) is 0.287. The van der Waals surface area contributed by atoms with Gasteiger partial charge in [0.2, 0.25) is 0 Å². The fraction of sp³-hybridized carbons (Fsp3) is 0.800. The van der Waals surface area contributed by atoms with E-state index in [2.05, 4.69) is 0 Å². The Labute approximate surface area is 136 Å². The summed E-state index contributed by atoms with van der Waals surface area (Å²) in [6, 6.07) is 0. The van der Waals surface area contributed by atoms with Gasteiger partial charge in [0.1, 0.15) is 18.4 Å². The molecule has 8 nitrogen and oxygen atoms in total. The lowest BCUT2D eigenvalue weighted by Gasteiger charge is -2.23. The molecule has 0 radical (unpaired) electrons. The van der Waals surface area contributed by atoms with Crippen molar-refractivity contribution in [1.82, 2.24) is 0 Å². The van der Waals surface area contributed by atoms with Gasteiger partial charge in [0.25, 0.3) is 0 Å². The molecule has 23 heavy (non-hydrogen) atoms. The fourth-order valence-corrected chi connectivity index (χ4v) is 1.47. The van der Waals surface area contributed by atoms with Crippen LogP contribution in [0.15, 0.2) is 0 Å². The molecule has 0 rings (SSSR count). The Morgan fingerprint density at radius 3 is 2.13 bits per heavy atom. The lowest BCUT2D eigenvalue weighted by molar-refractivity contribution is -0.150. The second-order valence-electron chi connectivity index (χ2n) is 5.16. The summed E-state index contributed by atoms with van der Waals surface area (Å²) >= 11 is 0. The van der Waals surface area contributed by atoms with E-state index in [9.17, 15) is 9.59 Å². The summed E-state index contributed by atoms with van der Waals surface area (Å²) in [5.41, 5.74) is -0.670. The van der Waals surface area contributed by atoms with Crippen molar-refractivity contribution in [2.75, 3.05) is 46.2 Å².